The van der Waals surface area contributed by atoms with Crippen LogP contribution in [0.3, 0.4) is 0 Å². The molecule has 1 atom stereocenters. The van der Waals surface area contributed by atoms with E-state index in [-0.39, 0.29) is 5.91 Å². The Balaban J connectivity index is 1.23. The Kier molecular flexibility index (Phi) is 6.74. The van der Waals surface area contributed by atoms with Crippen LogP contribution in [0.15, 0.2) is 51.6 Å². The van der Waals surface area contributed by atoms with E-state index in [0.717, 1.165) is 37.0 Å². The highest BCUT2D eigenvalue weighted by Gasteiger charge is 2.21. The quantitative estimate of drug-likeness (QED) is 0.547. The van der Waals surface area contributed by atoms with Crippen LogP contribution < -0.4 is 5.32 Å². The minimum Gasteiger partial charge on any atom is -0.455 e. The van der Waals surface area contributed by atoms with Crippen LogP contribution in [0.4, 0.5) is 0 Å². The van der Waals surface area contributed by atoms with Gasteiger partial charge in [-0.2, -0.15) is 0 Å². The second kappa shape index (κ2) is 9.65. The van der Waals surface area contributed by atoms with E-state index in [1.54, 1.807) is 24.0 Å². The van der Waals surface area contributed by atoms with Crippen molar-refractivity contribution in [2.45, 2.75) is 30.3 Å². The van der Waals surface area contributed by atoms with E-state index in [9.17, 15) is 4.79 Å². The van der Waals surface area contributed by atoms with Crippen LogP contribution in [0.2, 0.25) is 0 Å². The Morgan fingerprint density at radius 3 is 3.14 bits per heavy atom. The maximum atomic E-state index is 12.5. The Morgan fingerprint density at radius 2 is 2.34 bits per heavy atom. The van der Waals surface area contributed by atoms with Gasteiger partial charge < -0.3 is 14.3 Å². The number of aryl methyl sites for hydroxylation is 1. The fourth-order valence-electron chi connectivity index (χ4n) is 3.61. The van der Waals surface area contributed by atoms with Gasteiger partial charge in [-0.15, -0.1) is 11.3 Å². The molecule has 3 aromatic heterocycles. The lowest BCUT2D eigenvalue weighted by Gasteiger charge is -2.32. The molecule has 3 aromatic rings. The highest BCUT2D eigenvalue weighted by Crippen LogP contribution is 2.22. The smallest absolute Gasteiger partial charge is 0.287 e. The molecule has 1 amide bonds. The van der Waals surface area contributed by atoms with E-state index in [4.69, 9.17) is 4.42 Å². The monoisotopic (exact) mass is 430 g/mol. The molecule has 4 rings (SSSR count). The van der Waals surface area contributed by atoms with Crippen LogP contribution in [0.25, 0.3) is 0 Å². The highest BCUT2D eigenvalue weighted by molar-refractivity contribution is 7.98. The molecule has 1 aliphatic heterocycles. The van der Waals surface area contributed by atoms with E-state index in [1.165, 1.54) is 11.3 Å². The summed E-state index contributed by atoms with van der Waals surface area (Å²) in [5, 5.41) is 6.12. The van der Waals surface area contributed by atoms with Gasteiger partial charge >= 0.3 is 0 Å². The summed E-state index contributed by atoms with van der Waals surface area (Å²) in [5.41, 5.74) is 0. The lowest BCUT2D eigenvalue weighted by atomic mass is 9.98. The van der Waals surface area contributed by atoms with Gasteiger partial charge in [0.15, 0.2) is 10.9 Å². The van der Waals surface area contributed by atoms with Crippen molar-refractivity contribution in [1.82, 2.24) is 19.8 Å². The number of carbonyl (C=O) groups is 1. The zero-order valence-electron chi connectivity index (χ0n) is 16.5. The number of nitrogens with zero attached hydrogens (tertiary/aromatic N) is 3. The minimum atomic E-state index is -0.131. The standard InChI is InChI=1S/C21H26N4O2S2/c1-24-10-8-22-21(24)29-15-17-6-7-19(27-17)20(26)23-12-16-4-2-9-25(13-16)14-18-5-3-11-28-18/h3,5-8,10-11,16H,2,4,9,12-15H2,1H3,(H,23,26). The molecule has 0 spiro atoms. The molecule has 0 aliphatic carbocycles. The summed E-state index contributed by atoms with van der Waals surface area (Å²) >= 11 is 3.40. The minimum absolute atomic E-state index is 0.131. The molecule has 6 nitrogen and oxygen atoms in total. The van der Waals surface area contributed by atoms with Gasteiger partial charge in [0, 0.05) is 44.0 Å². The summed E-state index contributed by atoms with van der Waals surface area (Å²) < 4.78 is 7.70. The predicted octanol–water partition coefficient (Wildman–Crippen LogP) is 4.01. The molecule has 1 unspecified atom stereocenters. The molecular weight excluding hydrogens is 404 g/mol. The molecular formula is C21H26N4O2S2. The summed E-state index contributed by atoms with van der Waals surface area (Å²) in [6, 6.07) is 7.92. The highest BCUT2D eigenvalue weighted by atomic mass is 32.2. The lowest BCUT2D eigenvalue weighted by Crippen LogP contribution is -2.40. The molecule has 1 saturated heterocycles. The number of imidazole rings is 1. The van der Waals surface area contributed by atoms with Gasteiger partial charge in [0.1, 0.15) is 5.76 Å². The van der Waals surface area contributed by atoms with E-state index in [1.807, 2.05) is 35.2 Å². The molecule has 1 aliphatic rings. The average molecular weight is 431 g/mol. The number of carbonyl (C=O) groups excluding carboxylic acids is 1. The fraction of sp³-hybridized carbons (Fsp3) is 0.429. The largest absolute Gasteiger partial charge is 0.455 e. The first-order valence-electron chi connectivity index (χ1n) is 9.89. The zero-order valence-corrected chi connectivity index (χ0v) is 18.2. The number of hydrogen-bond donors (Lipinski definition) is 1. The van der Waals surface area contributed by atoms with Crippen LogP contribution in [0, 0.1) is 5.92 Å². The van der Waals surface area contributed by atoms with Crippen molar-refractivity contribution in [2.75, 3.05) is 19.6 Å². The van der Waals surface area contributed by atoms with Crippen molar-refractivity contribution < 1.29 is 9.21 Å². The number of piperidine rings is 1. The van der Waals surface area contributed by atoms with Crippen LogP contribution in [-0.4, -0.2) is 40.0 Å². The molecule has 4 heterocycles. The van der Waals surface area contributed by atoms with Crippen LogP contribution >= 0.6 is 23.1 Å². The maximum Gasteiger partial charge on any atom is 0.287 e. The second-order valence-corrected chi connectivity index (χ2v) is 9.38. The van der Waals surface area contributed by atoms with Gasteiger partial charge in [0.05, 0.1) is 5.75 Å². The number of nitrogens with one attached hydrogen (secondary N) is 1. The Labute approximate surface area is 179 Å². The van der Waals surface area contributed by atoms with Gasteiger partial charge in [0.2, 0.25) is 0 Å². The van der Waals surface area contributed by atoms with Crippen molar-refractivity contribution >= 4 is 29.0 Å². The van der Waals surface area contributed by atoms with Crippen LogP contribution in [-0.2, 0) is 19.3 Å². The predicted molar refractivity (Wildman–Crippen MR) is 116 cm³/mol. The second-order valence-electron chi connectivity index (χ2n) is 7.41. The van der Waals surface area contributed by atoms with Gasteiger partial charge in [0.25, 0.3) is 5.91 Å². The number of aromatic nitrogens is 2. The number of thiophene rings is 1. The molecule has 0 saturated carbocycles. The van der Waals surface area contributed by atoms with E-state index >= 15 is 0 Å². The first-order chi connectivity index (χ1) is 14.2. The molecule has 0 radical (unpaired) electrons. The zero-order chi connectivity index (χ0) is 20.1. The third-order valence-corrected chi connectivity index (χ3v) is 7.06. The van der Waals surface area contributed by atoms with E-state index in [2.05, 4.69) is 32.7 Å². The summed E-state index contributed by atoms with van der Waals surface area (Å²) in [6.07, 6.45) is 6.03. The number of likely N-dealkylation sites (tertiary alicyclic amines) is 1. The third-order valence-electron chi connectivity index (χ3n) is 5.12. The van der Waals surface area contributed by atoms with Crippen LogP contribution in [0.1, 0.15) is 34.0 Å². The van der Waals surface area contributed by atoms with Crippen molar-refractivity contribution in [1.29, 1.82) is 0 Å². The number of rotatable bonds is 8. The van der Waals surface area contributed by atoms with E-state index < -0.39 is 0 Å². The first-order valence-corrected chi connectivity index (χ1v) is 11.8. The number of thioether (sulfide) groups is 1. The average Bonchev–Trinajstić information content (AvgIpc) is 3.47. The summed E-state index contributed by atoms with van der Waals surface area (Å²) in [6.45, 7) is 3.87. The molecule has 0 bridgehead atoms. The normalized spacial score (nSPS) is 17.5. The molecule has 1 N–H and O–H groups in total. The SMILES string of the molecule is Cn1ccnc1SCc1ccc(C(=O)NCC2CCCN(Cc3cccs3)C2)o1. The van der Waals surface area contributed by atoms with Crippen molar-refractivity contribution in [2.24, 2.45) is 13.0 Å². The Hall–Kier alpha value is -2.03. The van der Waals surface area contributed by atoms with Gasteiger partial charge in [-0.25, -0.2) is 4.98 Å². The van der Waals surface area contributed by atoms with Crippen molar-refractivity contribution in [3.8, 4) is 0 Å². The Bertz CT molecular complexity index is 919. The molecule has 1 fully saturated rings. The topological polar surface area (TPSA) is 63.3 Å². The number of amides is 1. The number of furan rings is 1. The summed E-state index contributed by atoms with van der Waals surface area (Å²) in [4.78, 5) is 20.7. The van der Waals surface area contributed by atoms with Gasteiger partial charge in [-0.3, -0.25) is 9.69 Å². The summed E-state index contributed by atoms with van der Waals surface area (Å²) in [5.74, 6) is 2.17. The first kappa shape index (κ1) is 20.3. The van der Waals surface area contributed by atoms with Crippen molar-refractivity contribution in [3.05, 3.63) is 58.4 Å². The van der Waals surface area contributed by atoms with Crippen LogP contribution in [0.5, 0.6) is 0 Å². The molecule has 29 heavy (non-hydrogen) atoms. The van der Waals surface area contributed by atoms with Crippen molar-refractivity contribution in [3.63, 3.8) is 0 Å². The number of hydrogen-bond acceptors (Lipinski definition) is 6. The third kappa shape index (κ3) is 5.52. The molecule has 0 aromatic carbocycles. The molecule has 8 heteroatoms. The molecule has 154 valence electrons. The maximum absolute atomic E-state index is 12.5. The lowest BCUT2D eigenvalue weighted by molar-refractivity contribution is 0.0902. The van der Waals surface area contributed by atoms with Gasteiger partial charge in [-0.1, -0.05) is 17.8 Å². The summed E-state index contributed by atoms with van der Waals surface area (Å²) in [7, 11) is 1.96. The fourth-order valence-corrected chi connectivity index (χ4v) is 5.19. The van der Waals surface area contributed by atoms with Gasteiger partial charge in [-0.05, 0) is 48.9 Å². The van der Waals surface area contributed by atoms with E-state index in [0.29, 0.717) is 24.0 Å². The Morgan fingerprint density at radius 1 is 1.41 bits per heavy atom.